The van der Waals surface area contributed by atoms with E-state index >= 15 is 0 Å². The number of hydrogen-bond donors (Lipinski definition) is 1. The van der Waals surface area contributed by atoms with Gasteiger partial charge in [-0.1, -0.05) is 0 Å². The molecule has 0 saturated heterocycles. The number of anilines is 1. The summed E-state index contributed by atoms with van der Waals surface area (Å²) in [7, 11) is 0. The molecule has 0 aliphatic carbocycles. The van der Waals surface area contributed by atoms with Crippen molar-refractivity contribution >= 4 is 5.69 Å². The summed E-state index contributed by atoms with van der Waals surface area (Å²) in [6.45, 7) is -2.89. The molecular formula is C7H6F3NO. The average molecular weight is 177 g/mol. The molecule has 2 nitrogen and oxygen atoms in total. The maximum Gasteiger partial charge on any atom is 0.364 e. The second kappa shape index (κ2) is 3.96. The zero-order valence-corrected chi connectivity index (χ0v) is 5.93. The Kier molecular flexibility index (Phi) is 2.93. The molecule has 0 atom stereocenters. The van der Waals surface area contributed by atoms with Crippen LogP contribution in [0.5, 0.6) is 0 Å². The minimum Gasteiger partial charge on any atom is -0.261 e. The number of hydrogen-bond acceptors (Lipinski definition) is 2. The average Bonchev–Trinajstić information content (AvgIpc) is 2.03. The lowest BCUT2D eigenvalue weighted by atomic mass is 10.3. The first-order chi connectivity index (χ1) is 5.68. The van der Waals surface area contributed by atoms with Crippen LogP contribution < -0.4 is 5.48 Å². The fourth-order valence-corrected chi connectivity index (χ4v) is 0.631. The van der Waals surface area contributed by atoms with Gasteiger partial charge in [0, 0.05) is 0 Å². The zero-order valence-electron chi connectivity index (χ0n) is 5.93. The predicted molar refractivity (Wildman–Crippen MR) is 37.1 cm³/mol. The van der Waals surface area contributed by atoms with E-state index in [0.29, 0.717) is 0 Å². The molecule has 0 fully saturated rings. The van der Waals surface area contributed by atoms with Crippen LogP contribution in [0.25, 0.3) is 0 Å². The summed E-state index contributed by atoms with van der Waals surface area (Å²) in [6, 6.07) is 4.85. The standard InChI is InChI=1S/C7H6F3NO/c8-5-1-3-6(4-2-5)11-12-7(9)10/h1-4,7,11H. The molecule has 0 bridgehead atoms. The van der Waals surface area contributed by atoms with Crippen LogP contribution in [0.1, 0.15) is 0 Å². The van der Waals surface area contributed by atoms with Crippen molar-refractivity contribution in [3.8, 4) is 0 Å². The van der Waals surface area contributed by atoms with Gasteiger partial charge in [-0.25, -0.2) is 9.23 Å². The molecule has 0 spiro atoms. The van der Waals surface area contributed by atoms with E-state index in [1.165, 1.54) is 12.1 Å². The van der Waals surface area contributed by atoms with E-state index in [1.54, 1.807) is 0 Å². The number of rotatable bonds is 3. The van der Waals surface area contributed by atoms with Crippen LogP contribution in [0.4, 0.5) is 18.9 Å². The molecule has 5 heteroatoms. The van der Waals surface area contributed by atoms with Gasteiger partial charge >= 0.3 is 6.61 Å². The maximum absolute atomic E-state index is 12.3. The van der Waals surface area contributed by atoms with E-state index in [9.17, 15) is 13.2 Å². The first-order valence-electron chi connectivity index (χ1n) is 3.14. The van der Waals surface area contributed by atoms with E-state index in [1.807, 2.05) is 5.48 Å². The first-order valence-corrected chi connectivity index (χ1v) is 3.14. The van der Waals surface area contributed by atoms with Gasteiger partial charge in [0.25, 0.3) is 0 Å². The second-order valence-electron chi connectivity index (χ2n) is 1.99. The third kappa shape index (κ3) is 2.79. The zero-order chi connectivity index (χ0) is 8.97. The first kappa shape index (κ1) is 8.86. The summed E-state index contributed by atoms with van der Waals surface area (Å²) in [4.78, 5) is 3.76. The molecule has 0 radical (unpaired) electrons. The molecule has 1 aromatic rings. The fourth-order valence-electron chi connectivity index (χ4n) is 0.631. The van der Waals surface area contributed by atoms with Gasteiger partial charge in [-0.15, -0.1) is 0 Å². The predicted octanol–water partition coefficient (Wildman–Crippen LogP) is 2.39. The topological polar surface area (TPSA) is 21.3 Å². The molecular weight excluding hydrogens is 171 g/mol. The van der Waals surface area contributed by atoms with Crippen LogP contribution in [-0.2, 0) is 4.84 Å². The quantitative estimate of drug-likeness (QED) is 0.715. The summed E-state index contributed by atoms with van der Waals surface area (Å²) in [5.74, 6) is -0.433. The van der Waals surface area contributed by atoms with Gasteiger partial charge in [0.05, 0.1) is 5.69 Å². The Balaban J connectivity index is 2.48. The van der Waals surface area contributed by atoms with Crippen molar-refractivity contribution in [3.63, 3.8) is 0 Å². The molecule has 1 N–H and O–H groups in total. The van der Waals surface area contributed by atoms with Crippen molar-refractivity contribution in [2.24, 2.45) is 0 Å². The van der Waals surface area contributed by atoms with E-state index in [-0.39, 0.29) is 5.69 Å². The molecule has 0 amide bonds. The van der Waals surface area contributed by atoms with Crippen LogP contribution in [0.3, 0.4) is 0 Å². The van der Waals surface area contributed by atoms with Gasteiger partial charge in [0.15, 0.2) is 0 Å². The lowest BCUT2D eigenvalue weighted by Crippen LogP contribution is -2.06. The van der Waals surface area contributed by atoms with Crippen LogP contribution in [0.2, 0.25) is 0 Å². The van der Waals surface area contributed by atoms with Gasteiger partial charge in [-0.05, 0) is 24.3 Å². The molecule has 0 unspecified atom stereocenters. The van der Waals surface area contributed by atoms with Gasteiger partial charge in [-0.3, -0.25) is 5.48 Å². The number of alkyl halides is 2. The van der Waals surface area contributed by atoms with Gasteiger partial charge < -0.3 is 0 Å². The summed E-state index contributed by atoms with van der Waals surface area (Å²) in [5, 5.41) is 0. The van der Waals surface area contributed by atoms with Crippen molar-refractivity contribution in [3.05, 3.63) is 30.1 Å². The maximum atomic E-state index is 12.3. The highest BCUT2D eigenvalue weighted by molar-refractivity contribution is 5.40. The molecule has 66 valence electrons. The number of halogens is 3. The van der Waals surface area contributed by atoms with Crippen LogP contribution in [-0.4, -0.2) is 6.61 Å². The van der Waals surface area contributed by atoms with Crippen molar-refractivity contribution in [1.82, 2.24) is 0 Å². The highest BCUT2D eigenvalue weighted by Crippen LogP contribution is 2.09. The Morgan fingerprint density at radius 1 is 1.17 bits per heavy atom. The Hall–Kier alpha value is -1.23. The smallest absolute Gasteiger partial charge is 0.261 e. The molecule has 0 saturated carbocycles. The van der Waals surface area contributed by atoms with E-state index in [0.717, 1.165) is 12.1 Å². The van der Waals surface area contributed by atoms with Gasteiger partial charge in [0.2, 0.25) is 0 Å². The number of nitrogens with one attached hydrogen (secondary N) is 1. The molecule has 0 aliphatic heterocycles. The Bertz CT molecular complexity index is 237. The van der Waals surface area contributed by atoms with E-state index < -0.39 is 12.4 Å². The minimum absolute atomic E-state index is 0.275. The van der Waals surface area contributed by atoms with Crippen molar-refractivity contribution in [2.75, 3.05) is 5.48 Å². The van der Waals surface area contributed by atoms with E-state index in [2.05, 4.69) is 4.84 Å². The van der Waals surface area contributed by atoms with Crippen molar-refractivity contribution in [2.45, 2.75) is 6.61 Å². The Morgan fingerprint density at radius 3 is 2.25 bits per heavy atom. The molecule has 0 aliphatic rings. The highest BCUT2D eigenvalue weighted by Gasteiger charge is 2.00. The van der Waals surface area contributed by atoms with Crippen LogP contribution >= 0.6 is 0 Å². The van der Waals surface area contributed by atoms with Crippen molar-refractivity contribution < 1.29 is 18.0 Å². The molecule has 1 rings (SSSR count). The SMILES string of the molecule is Fc1ccc(NOC(F)F)cc1. The minimum atomic E-state index is -2.89. The summed E-state index contributed by atoms with van der Waals surface area (Å²) >= 11 is 0. The molecule has 12 heavy (non-hydrogen) atoms. The van der Waals surface area contributed by atoms with Crippen LogP contribution in [0.15, 0.2) is 24.3 Å². The molecule has 1 aromatic carbocycles. The lowest BCUT2D eigenvalue weighted by Gasteiger charge is -2.04. The third-order valence-electron chi connectivity index (χ3n) is 1.11. The normalized spacial score (nSPS) is 10.3. The largest absolute Gasteiger partial charge is 0.364 e. The Morgan fingerprint density at radius 2 is 1.75 bits per heavy atom. The fraction of sp³-hybridized carbons (Fsp3) is 0.143. The lowest BCUT2D eigenvalue weighted by molar-refractivity contribution is -0.105. The van der Waals surface area contributed by atoms with Gasteiger partial charge in [-0.2, -0.15) is 8.78 Å². The van der Waals surface area contributed by atoms with Gasteiger partial charge in [0.1, 0.15) is 5.82 Å². The monoisotopic (exact) mass is 177 g/mol. The third-order valence-corrected chi connectivity index (χ3v) is 1.11. The van der Waals surface area contributed by atoms with Crippen LogP contribution in [0, 0.1) is 5.82 Å². The highest BCUT2D eigenvalue weighted by atomic mass is 19.3. The summed E-state index contributed by atoms with van der Waals surface area (Å²) < 4.78 is 35.2. The number of benzene rings is 1. The van der Waals surface area contributed by atoms with E-state index in [4.69, 9.17) is 0 Å². The second-order valence-corrected chi connectivity index (χ2v) is 1.99. The summed E-state index contributed by atoms with van der Waals surface area (Å²) in [6.07, 6.45) is 0. The molecule has 0 heterocycles. The van der Waals surface area contributed by atoms with Crippen molar-refractivity contribution in [1.29, 1.82) is 0 Å². The molecule has 0 aromatic heterocycles. The Labute approximate surface area is 66.9 Å². The summed E-state index contributed by atoms with van der Waals surface area (Å²) in [5.41, 5.74) is 2.23.